The van der Waals surface area contributed by atoms with Crippen LogP contribution < -0.4 is 4.98 Å². The Morgan fingerprint density at radius 3 is 3.21 bits per heavy atom. The number of amides is 1. The molecule has 1 amide bonds. The highest BCUT2D eigenvalue weighted by Gasteiger charge is 2.20. The molecule has 1 aliphatic rings. The third-order valence-corrected chi connectivity index (χ3v) is 2.72. The van der Waals surface area contributed by atoms with Gasteiger partial charge >= 0.3 is 0 Å². The van der Waals surface area contributed by atoms with Crippen LogP contribution in [0.3, 0.4) is 0 Å². The van der Waals surface area contributed by atoms with Crippen molar-refractivity contribution in [2.24, 2.45) is 0 Å². The molecule has 1 aliphatic heterocycles. The van der Waals surface area contributed by atoms with Crippen LogP contribution in [0.25, 0.3) is 0 Å². The van der Waals surface area contributed by atoms with Gasteiger partial charge in [-0.15, -0.1) is 0 Å². The van der Waals surface area contributed by atoms with Gasteiger partial charge in [0.15, 0.2) is 12.4 Å². The van der Waals surface area contributed by atoms with Crippen LogP contribution in [0.4, 0.5) is 0 Å². The van der Waals surface area contributed by atoms with Crippen molar-refractivity contribution in [1.82, 2.24) is 4.90 Å². The van der Waals surface area contributed by atoms with Crippen molar-refractivity contribution in [3.63, 3.8) is 0 Å². The summed E-state index contributed by atoms with van der Waals surface area (Å²) in [4.78, 5) is 16.5. The molecule has 0 aliphatic carbocycles. The van der Waals surface area contributed by atoms with E-state index in [9.17, 15) is 4.79 Å². The lowest BCUT2D eigenvalue weighted by Crippen LogP contribution is -2.36. The van der Waals surface area contributed by atoms with Gasteiger partial charge in [-0.05, 0) is 12.0 Å². The Bertz CT molecular complexity index is 349. The SMILES string of the molecule is CCC(=O)N1CCc2cc[nH+]cc2C1. The molecule has 0 spiro atoms. The molecule has 0 fully saturated rings. The summed E-state index contributed by atoms with van der Waals surface area (Å²) < 4.78 is 0. The fourth-order valence-corrected chi connectivity index (χ4v) is 1.86. The Balaban J connectivity index is 2.17. The van der Waals surface area contributed by atoms with Crippen LogP contribution in [0, 0.1) is 0 Å². The average Bonchev–Trinajstić information content (AvgIpc) is 2.27. The summed E-state index contributed by atoms with van der Waals surface area (Å²) in [6.45, 7) is 3.54. The highest BCUT2D eigenvalue weighted by molar-refractivity contribution is 5.76. The maximum absolute atomic E-state index is 11.5. The second-order valence-electron chi connectivity index (χ2n) is 3.61. The van der Waals surface area contributed by atoms with Gasteiger partial charge in [-0.25, -0.2) is 4.98 Å². The van der Waals surface area contributed by atoms with Gasteiger partial charge in [-0.2, -0.15) is 0 Å². The number of hydrogen-bond acceptors (Lipinski definition) is 1. The molecule has 1 aromatic heterocycles. The molecule has 74 valence electrons. The van der Waals surface area contributed by atoms with Crippen LogP contribution in [-0.4, -0.2) is 17.4 Å². The minimum absolute atomic E-state index is 0.250. The van der Waals surface area contributed by atoms with Crippen molar-refractivity contribution < 1.29 is 9.78 Å². The fraction of sp³-hybridized carbons (Fsp3) is 0.455. The minimum atomic E-state index is 0.250. The number of pyridine rings is 1. The molecule has 0 bridgehead atoms. The molecular formula is C11H15N2O+. The van der Waals surface area contributed by atoms with E-state index >= 15 is 0 Å². The van der Waals surface area contributed by atoms with E-state index in [1.54, 1.807) is 0 Å². The second-order valence-corrected chi connectivity index (χ2v) is 3.61. The number of nitrogens with one attached hydrogen (secondary N) is 1. The largest absolute Gasteiger partial charge is 0.338 e. The zero-order valence-corrected chi connectivity index (χ0v) is 8.42. The molecule has 0 unspecified atom stereocenters. The molecule has 3 nitrogen and oxygen atoms in total. The van der Waals surface area contributed by atoms with Crippen molar-refractivity contribution in [3.8, 4) is 0 Å². The van der Waals surface area contributed by atoms with Crippen LogP contribution in [0.1, 0.15) is 24.5 Å². The Morgan fingerprint density at radius 1 is 1.57 bits per heavy atom. The maximum atomic E-state index is 11.5. The monoisotopic (exact) mass is 191 g/mol. The highest BCUT2D eigenvalue weighted by atomic mass is 16.2. The molecule has 2 heterocycles. The summed E-state index contributed by atoms with van der Waals surface area (Å²) >= 11 is 0. The molecule has 0 saturated carbocycles. The molecule has 0 saturated heterocycles. The summed E-state index contributed by atoms with van der Waals surface area (Å²) in [6.07, 6.45) is 5.52. The maximum Gasteiger partial charge on any atom is 0.222 e. The predicted octanol–water partition coefficient (Wildman–Crippen LogP) is 0.795. The van der Waals surface area contributed by atoms with Crippen LogP contribution in [-0.2, 0) is 17.8 Å². The number of aromatic nitrogens is 1. The second kappa shape index (κ2) is 3.78. The first-order chi connectivity index (χ1) is 6.81. The summed E-state index contributed by atoms with van der Waals surface area (Å²) in [6, 6.07) is 2.10. The van der Waals surface area contributed by atoms with Crippen LogP contribution >= 0.6 is 0 Å². The quantitative estimate of drug-likeness (QED) is 0.646. The van der Waals surface area contributed by atoms with Gasteiger partial charge < -0.3 is 4.90 Å². The molecule has 3 heteroatoms. The molecule has 2 rings (SSSR count). The normalized spacial score (nSPS) is 15.1. The van der Waals surface area contributed by atoms with Crippen molar-refractivity contribution in [2.75, 3.05) is 6.54 Å². The van der Waals surface area contributed by atoms with E-state index in [0.29, 0.717) is 6.42 Å². The number of H-pyrrole nitrogens is 1. The van der Waals surface area contributed by atoms with Crippen LogP contribution in [0.2, 0.25) is 0 Å². The lowest BCUT2D eigenvalue weighted by atomic mass is 10.0. The van der Waals surface area contributed by atoms with Crippen molar-refractivity contribution >= 4 is 5.91 Å². The lowest BCUT2D eigenvalue weighted by Gasteiger charge is -2.27. The highest BCUT2D eigenvalue weighted by Crippen LogP contribution is 2.16. The fourth-order valence-electron chi connectivity index (χ4n) is 1.86. The van der Waals surface area contributed by atoms with Gasteiger partial charge in [0.05, 0.1) is 6.54 Å². The molecular weight excluding hydrogens is 176 g/mol. The number of carbonyl (C=O) groups is 1. The molecule has 14 heavy (non-hydrogen) atoms. The first-order valence-corrected chi connectivity index (χ1v) is 5.07. The smallest absolute Gasteiger partial charge is 0.222 e. The third kappa shape index (κ3) is 1.62. The first kappa shape index (κ1) is 9.19. The van der Waals surface area contributed by atoms with E-state index in [4.69, 9.17) is 0 Å². The zero-order chi connectivity index (χ0) is 9.97. The van der Waals surface area contributed by atoms with Gasteiger partial charge in [-0.1, -0.05) is 6.92 Å². The Labute approximate surface area is 83.8 Å². The van der Waals surface area contributed by atoms with Gasteiger partial charge in [0, 0.05) is 24.6 Å². The minimum Gasteiger partial charge on any atom is -0.338 e. The van der Waals surface area contributed by atoms with Gasteiger partial charge in [-0.3, -0.25) is 4.79 Å². The Morgan fingerprint density at radius 2 is 2.43 bits per heavy atom. The Hall–Kier alpha value is -1.38. The number of carbonyl (C=O) groups excluding carboxylic acids is 1. The summed E-state index contributed by atoms with van der Waals surface area (Å²) in [5, 5.41) is 0. The molecule has 0 atom stereocenters. The van der Waals surface area contributed by atoms with E-state index in [0.717, 1.165) is 19.5 Å². The summed E-state index contributed by atoms with van der Waals surface area (Å²) in [7, 11) is 0. The van der Waals surface area contributed by atoms with Gasteiger partial charge in [0.2, 0.25) is 5.91 Å². The van der Waals surface area contributed by atoms with E-state index in [2.05, 4.69) is 11.1 Å². The lowest BCUT2D eigenvalue weighted by molar-refractivity contribution is -0.379. The van der Waals surface area contributed by atoms with Gasteiger partial charge in [0.25, 0.3) is 0 Å². The number of aromatic amines is 1. The average molecular weight is 191 g/mol. The topological polar surface area (TPSA) is 34.5 Å². The standard InChI is InChI=1S/C11H14N2O/c1-2-11(14)13-6-4-9-3-5-12-7-10(9)8-13/h3,5,7H,2,4,6,8H2,1H3/p+1. The van der Waals surface area contributed by atoms with Crippen molar-refractivity contribution in [3.05, 3.63) is 29.6 Å². The molecule has 1 aromatic rings. The number of fused-ring (bicyclic) bond motifs is 1. The van der Waals surface area contributed by atoms with Crippen molar-refractivity contribution in [2.45, 2.75) is 26.3 Å². The predicted molar refractivity (Wildman–Crippen MR) is 52.4 cm³/mol. The number of rotatable bonds is 1. The van der Waals surface area contributed by atoms with Gasteiger partial charge in [0.1, 0.15) is 0 Å². The molecule has 0 radical (unpaired) electrons. The Kier molecular flexibility index (Phi) is 2.48. The first-order valence-electron chi connectivity index (χ1n) is 5.07. The third-order valence-electron chi connectivity index (χ3n) is 2.72. The number of hydrogen-bond donors (Lipinski definition) is 0. The number of nitrogens with zero attached hydrogens (tertiary/aromatic N) is 1. The van der Waals surface area contributed by atoms with E-state index in [-0.39, 0.29) is 5.91 Å². The van der Waals surface area contributed by atoms with E-state index in [1.165, 1.54) is 11.1 Å². The van der Waals surface area contributed by atoms with Crippen LogP contribution in [0.15, 0.2) is 18.5 Å². The van der Waals surface area contributed by atoms with Crippen LogP contribution in [0.5, 0.6) is 0 Å². The van der Waals surface area contributed by atoms with E-state index < -0.39 is 0 Å². The summed E-state index contributed by atoms with van der Waals surface area (Å²) in [5.41, 5.74) is 2.62. The zero-order valence-electron chi connectivity index (χ0n) is 8.42. The summed E-state index contributed by atoms with van der Waals surface area (Å²) in [5.74, 6) is 0.250. The van der Waals surface area contributed by atoms with E-state index in [1.807, 2.05) is 24.2 Å². The molecule has 0 aromatic carbocycles. The van der Waals surface area contributed by atoms with Crippen molar-refractivity contribution in [1.29, 1.82) is 0 Å². The molecule has 1 N–H and O–H groups in total.